The van der Waals surface area contributed by atoms with Crippen molar-refractivity contribution in [3.63, 3.8) is 0 Å². The summed E-state index contributed by atoms with van der Waals surface area (Å²) in [6.07, 6.45) is 0. The van der Waals surface area contributed by atoms with Crippen molar-refractivity contribution in [2.75, 3.05) is 23.8 Å². The van der Waals surface area contributed by atoms with Crippen molar-refractivity contribution >= 4 is 27.3 Å². The SMILES string of the molecule is CCOc1ccc(NC(=O)c2cccc(S(=O)(=O)Nc3ccc(OC)cc3)c2)cc1F. The summed E-state index contributed by atoms with van der Waals surface area (Å²) in [4.78, 5) is 12.5. The Morgan fingerprint density at radius 3 is 2.35 bits per heavy atom. The Labute approximate surface area is 179 Å². The zero-order valence-electron chi connectivity index (χ0n) is 16.9. The summed E-state index contributed by atoms with van der Waals surface area (Å²) in [6, 6.07) is 15.9. The average molecular weight is 444 g/mol. The van der Waals surface area contributed by atoms with Gasteiger partial charge in [-0.1, -0.05) is 6.07 Å². The zero-order chi connectivity index (χ0) is 22.4. The number of hydrogen-bond donors (Lipinski definition) is 2. The maximum atomic E-state index is 14.0. The van der Waals surface area contributed by atoms with Crippen molar-refractivity contribution in [2.45, 2.75) is 11.8 Å². The smallest absolute Gasteiger partial charge is 0.261 e. The van der Waals surface area contributed by atoms with Crippen LogP contribution in [0.4, 0.5) is 15.8 Å². The van der Waals surface area contributed by atoms with Gasteiger partial charge in [0.25, 0.3) is 15.9 Å². The first kappa shape index (κ1) is 22.1. The van der Waals surface area contributed by atoms with Crippen LogP contribution in [0.25, 0.3) is 0 Å². The highest BCUT2D eigenvalue weighted by atomic mass is 32.2. The molecule has 0 bridgehead atoms. The van der Waals surface area contributed by atoms with Gasteiger partial charge in [-0.05, 0) is 61.5 Å². The Morgan fingerprint density at radius 1 is 1.00 bits per heavy atom. The summed E-state index contributed by atoms with van der Waals surface area (Å²) in [6.45, 7) is 2.05. The van der Waals surface area contributed by atoms with Gasteiger partial charge in [0.2, 0.25) is 0 Å². The van der Waals surface area contributed by atoms with Crippen molar-refractivity contribution in [1.82, 2.24) is 0 Å². The van der Waals surface area contributed by atoms with Gasteiger partial charge >= 0.3 is 0 Å². The fraction of sp³-hybridized carbons (Fsp3) is 0.136. The maximum absolute atomic E-state index is 14.0. The van der Waals surface area contributed by atoms with Crippen molar-refractivity contribution in [3.05, 3.63) is 78.1 Å². The molecule has 0 aromatic heterocycles. The minimum absolute atomic E-state index is 0.0817. The number of carbonyl (C=O) groups is 1. The van der Waals surface area contributed by atoms with Gasteiger partial charge in [-0.25, -0.2) is 12.8 Å². The fourth-order valence-electron chi connectivity index (χ4n) is 2.73. The monoisotopic (exact) mass is 444 g/mol. The van der Waals surface area contributed by atoms with Crippen LogP contribution in [0.3, 0.4) is 0 Å². The van der Waals surface area contributed by atoms with E-state index in [0.717, 1.165) is 6.07 Å². The molecule has 7 nitrogen and oxygen atoms in total. The van der Waals surface area contributed by atoms with E-state index in [1.807, 2.05) is 0 Å². The molecule has 3 aromatic carbocycles. The van der Waals surface area contributed by atoms with Crippen molar-refractivity contribution in [1.29, 1.82) is 0 Å². The molecule has 0 radical (unpaired) electrons. The highest BCUT2D eigenvalue weighted by Gasteiger charge is 2.17. The van der Waals surface area contributed by atoms with Crippen LogP contribution in [-0.2, 0) is 10.0 Å². The number of amides is 1. The van der Waals surface area contributed by atoms with E-state index in [1.54, 1.807) is 31.2 Å². The van der Waals surface area contributed by atoms with Gasteiger partial charge in [0.1, 0.15) is 5.75 Å². The lowest BCUT2D eigenvalue weighted by atomic mass is 10.2. The van der Waals surface area contributed by atoms with Gasteiger partial charge in [0.15, 0.2) is 11.6 Å². The maximum Gasteiger partial charge on any atom is 0.261 e. The molecule has 0 fully saturated rings. The lowest BCUT2D eigenvalue weighted by molar-refractivity contribution is 0.102. The highest BCUT2D eigenvalue weighted by Crippen LogP contribution is 2.23. The molecular formula is C22H21FN2O5S. The normalized spacial score (nSPS) is 10.9. The van der Waals surface area contributed by atoms with E-state index in [0.29, 0.717) is 18.0 Å². The van der Waals surface area contributed by atoms with E-state index >= 15 is 0 Å². The van der Waals surface area contributed by atoms with Crippen LogP contribution >= 0.6 is 0 Å². The topological polar surface area (TPSA) is 93.7 Å². The second-order valence-electron chi connectivity index (χ2n) is 6.39. The molecule has 0 aliphatic rings. The zero-order valence-corrected chi connectivity index (χ0v) is 17.7. The molecule has 0 saturated carbocycles. The number of benzene rings is 3. The van der Waals surface area contributed by atoms with Gasteiger partial charge in [-0.15, -0.1) is 0 Å². The molecule has 0 aliphatic carbocycles. The number of carbonyl (C=O) groups excluding carboxylic acids is 1. The van der Waals surface area contributed by atoms with Crippen LogP contribution in [0, 0.1) is 5.82 Å². The molecule has 3 aromatic rings. The van der Waals surface area contributed by atoms with Crippen LogP contribution < -0.4 is 19.5 Å². The number of methoxy groups -OCH3 is 1. The van der Waals surface area contributed by atoms with E-state index < -0.39 is 21.7 Å². The van der Waals surface area contributed by atoms with E-state index in [1.165, 1.54) is 43.5 Å². The molecule has 9 heteroatoms. The van der Waals surface area contributed by atoms with E-state index in [4.69, 9.17) is 9.47 Å². The molecule has 31 heavy (non-hydrogen) atoms. The number of rotatable bonds is 8. The first-order valence-electron chi connectivity index (χ1n) is 9.33. The molecule has 0 saturated heterocycles. The van der Waals surface area contributed by atoms with Crippen molar-refractivity contribution in [2.24, 2.45) is 0 Å². The third-order valence-electron chi connectivity index (χ3n) is 4.24. The Morgan fingerprint density at radius 2 is 1.71 bits per heavy atom. The Balaban J connectivity index is 1.76. The summed E-state index contributed by atoms with van der Waals surface area (Å²) < 4.78 is 52.0. The molecule has 0 aliphatic heterocycles. The molecule has 3 rings (SSSR count). The van der Waals surface area contributed by atoms with Crippen molar-refractivity contribution in [3.8, 4) is 11.5 Å². The number of halogens is 1. The summed E-state index contributed by atoms with van der Waals surface area (Å²) in [5.74, 6) is -0.518. The second kappa shape index (κ2) is 9.48. The van der Waals surface area contributed by atoms with Gasteiger partial charge in [-0.3, -0.25) is 9.52 Å². The Hall–Kier alpha value is -3.59. The van der Waals surface area contributed by atoms with E-state index in [9.17, 15) is 17.6 Å². The summed E-state index contributed by atoms with van der Waals surface area (Å²) in [5.41, 5.74) is 0.669. The van der Waals surface area contributed by atoms with Gasteiger partial charge < -0.3 is 14.8 Å². The van der Waals surface area contributed by atoms with Crippen LogP contribution in [0.15, 0.2) is 71.6 Å². The van der Waals surface area contributed by atoms with Crippen LogP contribution in [0.5, 0.6) is 11.5 Å². The van der Waals surface area contributed by atoms with Crippen LogP contribution in [0.1, 0.15) is 17.3 Å². The molecule has 2 N–H and O–H groups in total. The third-order valence-corrected chi connectivity index (χ3v) is 5.62. The summed E-state index contributed by atoms with van der Waals surface area (Å²) >= 11 is 0. The molecule has 0 heterocycles. The number of ether oxygens (including phenoxy) is 2. The van der Waals surface area contributed by atoms with Crippen molar-refractivity contribution < 1.29 is 27.1 Å². The minimum Gasteiger partial charge on any atom is -0.497 e. The third kappa shape index (κ3) is 5.52. The standard InChI is InChI=1S/C22H21FN2O5S/c1-3-30-21-12-9-17(14-20(21)23)24-22(26)15-5-4-6-19(13-15)31(27,28)25-16-7-10-18(29-2)11-8-16/h4-14,25H,3H2,1-2H3,(H,24,26). The number of anilines is 2. The van der Waals surface area contributed by atoms with Gasteiger partial charge in [0.05, 0.1) is 18.6 Å². The summed E-state index contributed by atoms with van der Waals surface area (Å²) in [5, 5.41) is 2.55. The Bertz CT molecular complexity index is 1180. The van der Waals surface area contributed by atoms with Crippen LogP contribution in [-0.4, -0.2) is 28.0 Å². The van der Waals surface area contributed by atoms with E-state index in [2.05, 4.69) is 10.0 Å². The number of nitrogens with one attached hydrogen (secondary N) is 2. The molecule has 0 atom stereocenters. The number of hydrogen-bond acceptors (Lipinski definition) is 5. The molecule has 162 valence electrons. The molecule has 0 unspecified atom stereocenters. The lowest BCUT2D eigenvalue weighted by Crippen LogP contribution is -2.16. The van der Waals surface area contributed by atoms with Crippen LogP contribution in [0.2, 0.25) is 0 Å². The summed E-state index contributed by atoms with van der Waals surface area (Å²) in [7, 11) is -2.42. The second-order valence-corrected chi connectivity index (χ2v) is 8.08. The molecule has 0 spiro atoms. The largest absolute Gasteiger partial charge is 0.497 e. The fourth-order valence-corrected chi connectivity index (χ4v) is 3.84. The predicted molar refractivity (Wildman–Crippen MR) is 116 cm³/mol. The van der Waals surface area contributed by atoms with E-state index in [-0.39, 0.29) is 21.9 Å². The first-order valence-corrected chi connectivity index (χ1v) is 10.8. The lowest BCUT2D eigenvalue weighted by Gasteiger charge is -2.11. The highest BCUT2D eigenvalue weighted by molar-refractivity contribution is 7.92. The number of sulfonamides is 1. The predicted octanol–water partition coefficient (Wildman–Crippen LogP) is 4.29. The Kier molecular flexibility index (Phi) is 6.76. The van der Waals surface area contributed by atoms with Gasteiger partial charge in [0, 0.05) is 23.0 Å². The minimum atomic E-state index is -3.93. The molecule has 1 amide bonds. The quantitative estimate of drug-likeness (QED) is 0.541. The average Bonchev–Trinajstić information content (AvgIpc) is 2.76. The van der Waals surface area contributed by atoms with Gasteiger partial charge in [-0.2, -0.15) is 0 Å². The first-order chi connectivity index (χ1) is 14.8. The molecular weight excluding hydrogens is 423 g/mol.